The number of rotatable bonds is 2. The van der Waals surface area contributed by atoms with Gasteiger partial charge in [-0.25, -0.2) is 0 Å². The highest BCUT2D eigenvalue weighted by Gasteiger charge is 2.01. The van der Waals surface area contributed by atoms with E-state index in [0.717, 1.165) is 0 Å². The molecule has 0 radical (unpaired) electrons. The highest BCUT2D eigenvalue weighted by atomic mass is 16.5. The van der Waals surface area contributed by atoms with Gasteiger partial charge in [0.05, 0.1) is 6.61 Å². The van der Waals surface area contributed by atoms with Crippen molar-refractivity contribution in [3.8, 4) is 0 Å². The summed E-state index contributed by atoms with van der Waals surface area (Å²) >= 11 is 0. The van der Waals surface area contributed by atoms with Crippen LogP contribution in [0.3, 0.4) is 0 Å². The van der Waals surface area contributed by atoms with Gasteiger partial charge in [0.15, 0.2) is 0 Å². The fourth-order valence-electron chi connectivity index (χ4n) is 2.31. The molecule has 0 aliphatic carbocycles. The van der Waals surface area contributed by atoms with Crippen LogP contribution < -0.4 is 0 Å². The standard InChI is InChI=1S/C16H14O/c1-17-11-12-6-7-14-9-8-13-4-2-3-5-15(13)16(14)10-12/h2-10H,11H2,1H3. The second kappa shape index (κ2) is 4.19. The Morgan fingerprint density at radius 3 is 2.35 bits per heavy atom. The molecule has 0 aromatic heterocycles. The summed E-state index contributed by atoms with van der Waals surface area (Å²) in [6.45, 7) is 0.666. The van der Waals surface area contributed by atoms with Gasteiger partial charge in [-0.15, -0.1) is 0 Å². The van der Waals surface area contributed by atoms with E-state index in [1.54, 1.807) is 7.11 Å². The van der Waals surface area contributed by atoms with Crippen LogP contribution in [0.1, 0.15) is 5.56 Å². The molecule has 0 spiro atoms. The van der Waals surface area contributed by atoms with Gasteiger partial charge in [-0.1, -0.05) is 48.5 Å². The lowest BCUT2D eigenvalue weighted by Crippen LogP contribution is -1.87. The quantitative estimate of drug-likeness (QED) is 0.592. The highest BCUT2D eigenvalue weighted by molar-refractivity contribution is 6.07. The van der Waals surface area contributed by atoms with E-state index in [-0.39, 0.29) is 0 Å². The Hall–Kier alpha value is -1.86. The number of benzene rings is 3. The van der Waals surface area contributed by atoms with Crippen LogP contribution in [0.4, 0.5) is 0 Å². The summed E-state index contributed by atoms with van der Waals surface area (Å²) < 4.78 is 5.19. The Balaban J connectivity index is 2.34. The molecule has 0 N–H and O–H groups in total. The van der Waals surface area contributed by atoms with Gasteiger partial charge in [0.2, 0.25) is 0 Å². The second-order valence-electron chi connectivity index (χ2n) is 4.28. The van der Waals surface area contributed by atoms with Gasteiger partial charge in [-0.05, 0) is 33.2 Å². The van der Waals surface area contributed by atoms with Crippen molar-refractivity contribution in [1.82, 2.24) is 0 Å². The van der Waals surface area contributed by atoms with Gasteiger partial charge in [0.1, 0.15) is 0 Å². The van der Waals surface area contributed by atoms with Gasteiger partial charge >= 0.3 is 0 Å². The Morgan fingerprint density at radius 1 is 0.824 bits per heavy atom. The van der Waals surface area contributed by atoms with E-state index in [1.165, 1.54) is 27.1 Å². The molecule has 0 saturated heterocycles. The Labute approximate surface area is 101 Å². The summed E-state index contributed by atoms with van der Waals surface area (Å²) in [5, 5.41) is 5.18. The van der Waals surface area contributed by atoms with Crippen molar-refractivity contribution in [2.45, 2.75) is 6.61 Å². The summed E-state index contributed by atoms with van der Waals surface area (Å²) in [5.41, 5.74) is 1.22. The predicted octanol–water partition coefficient (Wildman–Crippen LogP) is 4.14. The van der Waals surface area contributed by atoms with E-state index in [0.29, 0.717) is 6.61 Å². The number of methoxy groups -OCH3 is 1. The van der Waals surface area contributed by atoms with Gasteiger partial charge in [-0.3, -0.25) is 0 Å². The molecule has 0 atom stereocenters. The molecule has 0 aliphatic heterocycles. The maximum absolute atomic E-state index is 5.19. The van der Waals surface area contributed by atoms with Crippen molar-refractivity contribution >= 4 is 21.5 Å². The van der Waals surface area contributed by atoms with Crippen LogP contribution in [0.5, 0.6) is 0 Å². The average molecular weight is 222 g/mol. The Kier molecular flexibility index (Phi) is 2.54. The largest absolute Gasteiger partial charge is 0.380 e. The summed E-state index contributed by atoms with van der Waals surface area (Å²) in [5.74, 6) is 0. The first kappa shape index (κ1) is 10.3. The minimum Gasteiger partial charge on any atom is -0.380 e. The normalized spacial score (nSPS) is 11.1. The first-order valence-electron chi connectivity index (χ1n) is 5.78. The van der Waals surface area contributed by atoms with E-state index in [4.69, 9.17) is 4.74 Å². The molecule has 0 saturated carbocycles. The predicted molar refractivity (Wildman–Crippen MR) is 72.2 cm³/mol. The third-order valence-electron chi connectivity index (χ3n) is 3.12. The molecular weight excluding hydrogens is 208 g/mol. The van der Waals surface area contributed by atoms with E-state index < -0.39 is 0 Å². The first-order chi connectivity index (χ1) is 8.38. The zero-order chi connectivity index (χ0) is 11.7. The summed E-state index contributed by atoms with van der Waals surface area (Å²) in [7, 11) is 1.73. The third-order valence-corrected chi connectivity index (χ3v) is 3.12. The molecule has 0 aliphatic rings. The molecule has 3 rings (SSSR count). The molecule has 1 heteroatoms. The number of hydrogen-bond acceptors (Lipinski definition) is 1. The smallest absolute Gasteiger partial charge is 0.0713 e. The fraction of sp³-hybridized carbons (Fsp3) is 0.125. The van der Waals surface area contributed by atoms with Crippen LogP contribution in [0, 0.1) is 0 Å². The van der Waals surface area contributed by atoms with Crippen LogP contribution >= 0.6 is 0 Å². The third kappa shape index (κ3) is 1.79. The van der Waals surface area contributed by atoms with Crippen molar-refractivity contribution in [3.05, 3.63) is 60.2 Å². The van der Waals surface area contributed by atoms with E-state index in [2.05, 4.69) is 54.6 Å². The molecule has 3 aromatic rings. The maximum Gasteiger partial charge on any atom is 0.0713 e. The molecule has 0 unspecified atom stereocenters. The van der Waals surface area contributed by atoms with E-state index in [9.17, 15) is 0 Å². The molecule has 84 valence electrons. The Morgan fingerprint density at radius 2 is 1.53 bits per heavy atom. The van der Waals surface area contributed by atoms with Gasteiger partial charge in [0.25, 0.3) is 0 Å². The minimum absolute atomic E-state index is 0.666. The topological polar surface area (TPSA) is 9.23 Å². The van der Waals surface area contributed by atoms with Crippen LogP contribution in [-0.4, -0.2) is 7.11 Å². The molecule has 1 nitrogen and oxygen atoms in total. The van der Waals surface area contributed by atoms with Crippen molar-refractivity contribution < 1.29 is 4.74 Å². The zero-order valence-electron chi connectivity index (χ0n) is 9.81. The second-order valence-corrected chi connectivity index (χ2v) is 4.28. The van der Waals surface area contributed by atoms with Gasteiger partial charge in [0, 0.05) is 7.11 Å². The minimum atomic E-state index is 0.666. The van der Waals surface area contributed by atoms with Crippen molar-refractivity contribution in [2.75, 3.05) is 7.11 Å². The van der Waals surface area contributed by atoms with Crippen molar-refractivity contribution in [1.29, 1.82) is 0 Å². The number of hydrogen-bond donors (Lipinski definition) is 0. The fourth-order valence-corrected chi connectivity index (χ4v) is 2.31. The SMILES string of the molecule is COCc1ccc2ccc3ccccc3c2c1. The maximum atomic E-state index is 5.19. The van der Waals surface area contributed by atoms with Crippen LogP contribution in [-0.2, 0) is 11.3 Å². The Bertz CT molecular complexity index is 670. The number of fused-ring (bicyclic) bond motifs is 3. The van der Waals surface area contributed by atoms with E-state index >= 15 is 0 Å². The van der Waals surface area contributed by atoms with Crippen molar-refractivity contribution in [3.63, 3.8) is 0 Å². The lowest BCUT2D eigenvalue weighted by atomic mass is 10.0. The lowest BCUT2D eigenvalue weighted by Gasteiger charge is -2.06. The molecule has 3 aromatic carbocycles. The van der Waals surface area contributed by atoms with Gasteiger partial charge < -0.3 is 4.74 Å². The average Bonchev–Trinajstić information content (AvgIpc) is 2.39. The molecule has 0 heterocycles. The lowest BCUT2D eigenvalue weighted by molar-refractivity contribution is 0.185. The molecule has 0 fully saturated rings. The first-order valence-corrected chi connectivity index (χ1v) is 5.78. The monoisotopic (exact) mass is 222 g/mol. The van der Waals surface area contributed by atoms with Gasteiger partial charge in [-0.2, -0.15) is 0 Å². The molecule has 0 bridgehead atoms. The summed E-state index contributed by atoms with van der Waals surface area (Å²) in [4.78, 5) is 0. The number of ether oxygens (including phenoxy) is 1. The summed E-state index contributed by atoms with van der Waals surface area (Å²) in [6.07, 6.45) is 0. The van der Waals surface area contributed by atoms with Crippen molar-refractivity contribution in [2.24, 2.45) is 0 Å². The van der Waals surface area contributed by atoms with Crippen LogP contribution in [0.15, 0.2) is 54.6 Å². The molecule has 0 amide bonds. The highest BCUT2D eigenvalue weighted by Crippen LogP contribution is 2.26. The van der Waals surface area contributed by atoms with E-state index in [1.807, 2.05) is 0 Å². The van der Waals surface area contributed by atoms with Crippen LogP contribution in [0.2, 0.25) is 0 Å². The molecule has 17 heavy (non-hydrogen) atoms. The summed E-state index contributed by atoms with van der Waals surface area (Å²) in [6, 6.07) is 19.4. The molecular formula is C16H14O. The zero-order valence-corrected chi connectivity index (χ0v) is 9.81. The van der Waals surface area contributed by atoms with Crippen LogP contribution in [0.25, 0.3) is 21.5 Å².